The van der Waals surface area contributed by atoms with Crippen molar-refractivity contribution in [3.63, 3.8) is 0 Å². The molecule has 0 unspecified atom stereocenters. The maximum atomic E-state index is 11.7. The fourth-order valence-electron chi connectivity index (χ4n) is 3.95. The van der Waals surface area contributed by atoms with Crippen molar-refractivity contribution in [3.05, 3.63) is 71.8 Å². The lowest BCUT2D eigenvalue weighted by Gasteiger charge is -2.45. The molecule has 172 valence electrons. The van der Waals surface area contributed by atoms with E-state index < -0.39 is 11.8 Å². The molecule has 1 fully saturated rings. The molecule has 8 nitrogen and oxygen atoms in total. The number of hydrogen-bond donors (Lipinski definition) is 2. The van der Waals surface area contributed by atoms with E-state index in [1.54, 1.807) is 0 Å². The van der Waals surface area contributed by atoms with E-state index in [1.807, 2.05) is 70.5 Å². The van der Waals surface area contributed by atoms with E-state index in [1.165, 1.54) is 0 Å². The normalized spacial score (nSPS) is 19.6. The van der Waals surface area contributed by atoms with Gasteiger partial charge in [0.25, 0.3) is 0 Å². The van der Waals surface area contributed by atoms with Gasteiger partial charge >= 0.3 is 0 Å². The number of carbonyl (C=O) groups excluding carboxylic acids is 2. The molecule has 0 radical (unpaired) electrons. The van der Waals surface area contributed by atoms with Gasteiger partial charge in [-0.3, -0.25) is 19.4 Å². The maximum Gasteiger partial charge on any atom is 0.231 e. The predicted molar refractivity (Wildman–Crippen MR) is 121 cm³/mol. The molecule has 1 aliphatic heterocycles. The third kappa shape index (κ3) is 7.72. The van der Waals surface area contributed by atoms with Crippen molar-refractivity contribution in [2.24, 2.45) is 11.5 Å². The third-order valence-electron chi connectivity index (χ3n) is 5.48. The number of ether oxygens (including phenoxy) is 2. The van der Waals surface area contributed by atoms with Crippen molar-refractivity contribution >= 4 is 11.8 Å². The van der Waals surface area contributed by atoms with Crippen molar-refractivity contribution in [1.82, 2.24) is 9.80 Å². The van der Waals surface area contributed by atoms with Crippen LogP contribution in [-0.4, -0.2) is 73.1 Å². The molecule has 3 rings (SSSR count). The number of hydrogen-bond acceptors (Lipinski definition) is 6. The van der Waals surface area contributed by atoms with Crippen LogP contribution >= 0.6 is 0 Å². The number of nitrogens with two attached hydrogens (primary N) is 2. The van der Waals surface area contributed by atoms with Crippen LogP contribution in [0.15, 0.2) is 60.7 Å². The first-order valence-electron chi connectivity index (χ1n) is 10.8. The van der Waals surface area contributed by atoms with Gasteiger partial charge in [0.1, 0.15) is 0 Å². The lowest BCUT2D eigenvalue weighted by atomic mass is 10.1. The van der Waals surface area contributed by atoms with Crippen LogP contribution in [0.25, 0.3) is 0 Å². The van der Waals surface area contributed by atoms with E-state index in [4.69, 9.17) is 20.9 Å². The SMILES string of the molecule is NC(=O)CN1C[C@@H](COCc2ccccc2)N(CC(N)=O)C[C@H]1COCc1ccccc1. The summed E-state index contributed by atoms with van der Waals surface area (Å²) in [4.78, 5) is 27.4. The molecule has 8 heteroatoms. The largest absolute Gasteiger partial charge is 0.375 e. The average molecular weight is 441 g/mol. The van der Waals surface area contributed by atoms with E-state index >= 15 is 0 Å². The van der Waals surface area contributed by atoms with Gasteiger partial charge in [-0.05, 0) is 11.1 Å². The van der Waals surface area contributed by atoms with Gasteiger partial charge in [-0.2, -0.15) is 0 Å². The molecule has 1 saturated heterocycles. The number of amides is 2. The van der Waals surface area contributed by atoms with Crippen molar-refractivity contribution in [1.29, 1.82) is 0 Å². The average Bonchev–Trinajstić information content (AvgIpc) is 2.77. The first-order valence-corrected chi connectivity index (χ1v) is 10.8. The zero-order chi connectivity index (χ0) is 22.8. The summed E-state index contributed by atoms with van der Waals surface area (Å²) in [6.45, 7) is 3.08. The van der Waals surface area contributed by atoms with Crippen LogP contribution in [0.2, 0.25) is 0 Å². The lowest BCUT2D eigenvalue weighted by Crippen LogP contribution is -2.63. The van der Waals surface area contributed by atoms with Gasteiger partial charge in [0.05, 0.1) is 39.5 Å². The molecule has 0 aromatic heterocycles. The fraction of sp³-hybridized carbons (Fsp3) is 0.417. The highest BCUT2D eigenvalue weighted by Crippen LogP contribution is 2.17. The maximum absolute atomic E-state index is 11.7. The van der Waals surface area contributed by atoms with E-state index in [0.717, 1.165) is 11.1 Å². The van der Waals surface area contributed by atoms with Crippen molar-refractivity contribution in [3.8, 4) is 0 Å². The summed E-state index contributed by atoms with van der Waals surface area (Å²) in [6, 6.07) is 19.6. The Labute approximate surface area is 189 Å². The summed E-state index contributed by atoms with van der Waals surface area (Å²) >= 11 is 0. The fourth-order valence-corrected chi connectivity index (χ4v) is 3.95. The van der Waals surface area contributed by atoms with Crippen LogP contribution in [0, 0.1) is 0 Å². The third-order valence-corrected chi connectivity index (χ3v) is 5.48. The summed E-state index contributed by atoms with van der Waals surface area (Å²) in [5, 5.41) is 0. The molecule has 2 aromatic rings. The summed E-state index contributed by atoms with van der Waals surface area (Å²) in [6.07, 6.45) is 0. The lowest BCUT2D eigenvalue weighted by molar-refractivity contribution is -0.126. The van der Waals surface area contributed by atoms with E-state index in [2.05, 4.69) is 0 Å². The van der Waals surface area contributed by atoms with Gasteiger partial charge in [0.2, 0.25) is 11.8 Å². The standard InChI is InChI=1S/C24H32N4O4/c25-23(29)13-27-12-22(18-32-16-20-9-5-2-6-10-20)28(14-24(26)30)11-21(27)17-31-15-19-7-3-1-4-8-19/h1-10,21-22H,11-18H2,(H2,25,29)(H2,26,30)/t21-,22-/m0/s1. The van der Waals surface area contributed by atoms with Crippen molar-refractivity contribution in [2.75, 3.05) is 39.4 Å². The van der Waals surface area contributed by atoms with Gasteiger partial charge in [0.15, 0.2) is 0 Å². The van der Waals surface area contributed by atoms with Crippen LogP contribution in [0.5, 0.6) is 0 Å². The number of carbonyl (C=O) groups is 2. The number of rotatable bonds is 12. The Kier molecular flexibility index (Phi) is 9.18. The van der Waals surface area contributed by atoms with E-state index in [-0.39, 0.29) is 25.2 Å². The van der Waals surface area contributed by atoms with Crippen LogP contribution in [-0.2, 0) is 32.3 Å². The van der Waals surface area contributed by atoms with Gasteiger partial charge in [-0.1, -0.05) is 60.7 Å². The van der Waals surface area contributed by atoms with Gasteiger partial charge in [-0.25, -0.2) is 0 Å². The summed E-state index contributed by atoms with van der Waals surface area (Å²) in [5.41, 5.74) is 13.2. The Morgan fingerprint density at radius 1 is 0.719 bits per heavy atom. The zero-order valence-electron chi connectivity index (χ0n) is 18.3. The second kappa shape index (κ2) is 12.3. The molecule has 0 aliphatic carbocycles. The quantitative estimate of drug-likeness (QED) is 0.504. The van der Waals surface area contributed by atoms with E-state index in [0.29, 0.717) is 39.5 Å². The Hall–Kier alpha value is -2.78. The van der Waals surface area contributed by atoms with Crippen LogP contribution < -0.4 is 11.5 Å². The molecule has 1 aliphatic rings. The molecule has 1 heterocycles. The van der Waals surface area contributed by atoms with Crippen molar-refractivity contribution < 1.29 is 19.1 Å². The molecule has 2 aromatic carbocycles. The molecule has 0 spiro atoms. The van der Waals surface area contributed by atoms with Crippen LogP contribution in [0.1, 0.15) is 11.1 Å². The van der Waals surface area contributed by atoms with Crippen LogP contribution in [0.4, 0.5) is 0 Å². The Balaban J connectivity index is 1.61. The van der Waals surface area contributed by atoms with Gasteiger partial charge in [0, 0.05) is 25.2 Å². The predicted octanol–water partition coefficient (Wildman–Crippen LogP) is 0.745. The molecule has 4 N–H and O–H groups in total. The summed E-state index contributed by atoms with van der Waals surface area (Å²) < 4.78 is 11.9. The number of benzene rings is 2. The topological polar surface area (TPSA) is 111 Å². The minimum atomic E-state index is -0.398. The smallest absolute Gasteiger partial charge is 0.231 e. The highest BCUT2D eigenvalue weighted by atomic mass is 16.5. The van der Waals surface area contributed by atoms with Crippen molar-refractivity contribution in [2.45, 2.75) is 25.3 Å². The zero-order valence-corrected chi connectivity index (χ0v) is 18.3. The first-order chi connectivity index (χ1) is 15.5. The number of nitrogens with zero attached hydrogens (tertiary/aromatic N) is 2. The van der Waals surface area contributed by atoms with Crippen LogP contribution in [0.3, 0.4) is 0 Å². The Bertz CT molecular complexity index is 778. The molecule has 2 atom stereocenters. The van der Waals surface area contributed by atoms with E-state index in [9.17, 15) is 9.59 Å². The molecular weight excluding hydrogens is 408 g/mol. The summed E-state index contributed by atoms with van der Waals surface area (Å²) in [7, 11) is 0. The van der Waals surface area contributed by atoms with Gasteiger partial charge in [-0.15, -0.1) is 0 Å². The molecule has 2 amide bonds. The Morgan fingerprint density at radius 3 is 1.44 bits per heavy atom. The number of piperazine rings is 1. The molecule has 0 saturated carbocycles. The minimum absolute atomic E-state index is 0.0871. The molecule has 32 heavy (non-hydrogen) atoms. The molecular formula is C24H32N4O4. The first kappa shape index (κ1) is 23.9. The highest BCUT2D eigenvalue weighted by Gasteiger charge is 2.35. The Morgan fingerprint density at radius 2 is 1.09 bits per heavy atom. The summed E-state index contributed by atoms with van der Waals surface area (Å²) in [5.74, 6) is -0.796. The second-order valence-corrected chi connectivity index (χ2v) is 8.10. The highest BCUT2D eigenvalue weighted by molar-refractivity contribution is 5.76. The minimum Gasteiger partial charge on any atom is -0.375 e. The number of primary amides is 2. The second-order valence-electron chi connectivity index (χ2n) is 8.10. The van der Waals surface area contributed by atoms with Gasteiger partial charge < -0.3 is 20.9 Å². The molecule has 0 bridgehead atoms. The monoisotopic (exact) mass is 440 g/mol.